The van der Waals surface area contributed by atoms with E-state index in [-0.39, 0.29) is 5.82 Å². The number of nitrogens with zero attached hydrogens (tertiary/aromatic N) is 1. The molecule has 0 bridgehead atoms. The van der Waals surface area contributed by atoms with Gasteiger partial charge in [0.15, 0.2) is 0 Å². The molecule has 3 rings (SSSR count). The number of thioether (sulfide) groups is 1. The molecular weight excluding hydrogens is 317 g/mol. The van der Waals surface area contributed by atoms with Crippen molar-refractivity contribution in [1.29, 1.82) is 0 Å². The fraction of sp³-hybridized carbons (Fsp3) is 0.0556. The molecule has 0 amide bonds. The summed E-state index contributed by atoms with van der Waals surface area (Å²) in [6.07, 6.45) is 2.01. The summed E-state index contributed by atoms with van der Waals surface area (Å²) < 4.78 is 13.5. The van der Waals surface area contributed by atoms with Crippen LogP contribution in [0.2, 0.25) is 5.02 Å². The van der Waals surface area contributed by atoms with Crippen molar-refractivity contribution >= 4 is 23.4 Å². The van der Waals surface area contributed by atoms with Crippen LogP contribution in [0.25, 0.3) is 22.5 Å². The van der Waals surface area contributed by atoms with Crippen molar-refractivity contribution in [3.63, 3.8) is 0 Å². The molecule has 0 aliphatic rings. The minimum atomic E-state index is -0.266. The Bertz CT molecular complexity index is 756. The van der Waals surface area contributed by atoms with Gasteiger partial charge in [0.25, 0.3) is 0 Å². The fourth-order valence-corrected chi connectivity index (χ4v) is 2.86. The molecule has 0 saturated heterocycles. The molecule has 0 radical (unpaired) electrons. The van der Waals surface area contributed by atoms with Crippen molar-refractivity contribution in [3.8, 4) is 22.5 Å². The van der Waals surface area contributed by atoms with Crippen LogP contribution in [0, 0.1) is 5.82 Å². The van der Waals surface area contributed by atoms with Gasteiger partial charge < -0.3 is 0 Å². The van der Waals surface area contributed by atoms with E-state index in [0.29, 0.717) is 5.02 Å². The zero-order valence-electron chi connectivity index (χ0n) is 11.9. The lowest BCUT2D eigenvalue weighted by molar-refractivity contribution is 0.628. The maximum absolute atomic E-state index is 13.5. The third-order valence-corrected chi connectivity index (χ3v) is 4.22. The number of rotatable bonds is 3. The first-order valence-corrected chi connectivity index (χ1v) is 8.34. The molecule has 4 heteroatoms. The topological polar surface area (TPSA) is 12.9 Å². The Morgan fingerprint density at radius 3 is 2.14 bits per heavy atom. The van der Waals surface area contributed by atoms with E-state index in [4.69, 9.17) is 11.6 Å². The van der Waals surface area contributed by atoms with E-state index in [1.807, 2.05) is 48.7 Å². The van der Waals surface area contributed by atoms with Crippen molar-refractivity contribution in [2.75, 3.05) is 6.26 Å². The van der Waals surface area contributed by atoms with Crippen molar-refractivity contribution < 1.29 is 4.39 Å². The second-order valence-corrected chi connectivity index (χ2v) is 6.11. The summed E-state index contributed by atoms with van der Waals surface area (Å²) in [5, 5.41) is 0.668. The van der Waals surface area contributed by atoms with Gasteiger partial charge in [-0.25, -0.2) is 9.37 Å². The molecule has 0 unspecified atom stereocenters. The monoisotopic (exact) mass is 329 g/mol. The number of aromatic nitrogens is 1. The molecule has 0 aliphatic heterocycles. The maximum atomic E-state index is 13.5. The Kier molecular flexibility index (Phi) is 4.46. The molecule has 1 heterocycles. The van der Waals surface area contributed by atoms with Gasteiger partial charge in [-0.15, -0.1) is 11.8 Å². The van der Waals surface area contributed by atoms with E-state index in [2.05, 4.69) is 4.98 Å². The first-order chi connectivity index (χ1) is 10.7. The Labute approximate surface area is 138 Å². The molecule has 22 heavy (non-hydrogen) atoms. The Morgan fingerprint density at radius 1 is 0.909 bits per heavy atom. The first kappa shape index (κ1) is 15.1. The van der Waals surface area contributed by atoms with Gasteiger partial charge >= 0.3 is 0 Å². The highest BCUT2D eigenvalue weighted by molar-refractivity contribution is 7.98. The van der Waals surface area contributed by atoms with Crippen LogP contribution >= 0.6 is 23.4 Å². The number of pyridine rings is 1. The van der Waals surface area contributed by atoms with Gasteiger partial charge in [0.1, 0.15) is 5.82 Å². The summed E-state index contributed by atoms with van der Waals surface area (Å²) in [7, 11) is 0. The van der Waals surface area contributed by atoms with E-state index in [1.54, 1.807) is 17.8 Å². The summed E-state index contributed by atoms with van der Waals surface area (Å²) in [5.41, 5.74) is 3.29. The Morgan fingerprint density at radius 2 is 1.55 bits per heavy atom. The lowest BCUT2D eigenvalue weighted by Crippen LogP contribution is -1.90. The third-order valence-electron chi connectivity index (χ3n) is 3.28. The van der Waals surface area contributed by atoms with Crippen molar-refractivity contribution in [1.82, 2.24) is 4.98 Å². The molecule has 0 fully saturated rings. The Hall–Kier alpha value is -1.84. The van der Waals surface area contributed by atoms with E-state index in [0.717, 1.165) is 27.4 Å². The standard InChI is InChI=1S/C18H13ClFNS/c1-22-16-10-17(12-4-2-6-14(19)8-12)21-18(11-16)13-5-3-7-15(20)9-13/h2-11H,1H3. The van der Waals surface area contributed by atoms with Crippen LogP contribution in [0.1, 0.15) is 0 Å². The maximum Gasteiger partial charge on any atom is 0.123 e. The largest absolute Gasteiger partial charge is 0.248 e. The molecule has 110 valence electrons. The first-order valence-electron chi connectivity index (χ1n) is 6.73. The molecule has 1 nitrogen and oxygen atoms in total. The van der Waals surface area contributed by atoms with E-state index in [1.165, 1.54) is 12.1 Å². The third kappa shape index (κ3) is 3.32. The highest BCUT2D eigenvalue weighted by atomic mass is 35.5. The molecule has 2 aromatic carbocycles. The van der Waals surface area contributed by atoms with Crippen molar-refractivity contribution in [2.45, 2.75) is 4.90 Å². The summed E-state index contributed by atoms with van der Waals surface area (Å²) in [6.45, 7) is 0. The minimum Gasteiger partial charge on any atom is -0.248 e. The summed E-state index contributed by atoms with van der Waals surface area (Å²) in [5.74, 6) is -0.266. The van der Waals surface area contributed by atoms with Crippen LogP contribution in [-0.2, 0) is 0 Å². The molecule has 3 aromatic rings. The van der Waals surface area contributed by atoms with Gasteiger partial charge in [-0.2, -0.15) is 0 Å². The van der Waals surface area contributed by atoms with Gasteiger partial charge in [0.2, 0.25) is 0 Å². The molecular formula is C18H13ClFNS. The van der Waals surface area contributed by atoms with Gasteiger partial charge in [-0.05, 0) is 42.7 Å². The van der Waals surface area contributed by atoms with Crippen molar-refractivity contribution in [3.05, 3.63) is 71.5 Å². The van der Waals surface area contributed by atoms with Crippen LogP contribution < -0.4 is 0 Å². The van der Waals surface area contributed by atoms with E-state index < -0.39 is 0 Å². The second-order valence-electron chi connectivity index (χ2n) is 4.80. The Balaban J connectivity index is 2.14. The average molecular weight is 330 g/mol. The molecule has 0 spiro atoms. The van der Waals surface area contributed by atoms with Crippen LogP contribution in [0.15, 0.2) is 65.6 Å². The molecule has 0 saturated carbocycles. The molecule has 0 atom stereocenters. The molecule has 0 N–H and O–H groups in total. The lowest BCUT2D eigenvalue weighted by atomic mass is 10.1. The number of halogens is 2. The van der Waals surface area contributed by atoms with E-state index in [9.17, 15) is 4.39 Å². The summed E-state index contributed by atoms with van der Waals surface area (Å²) in [6, 6.07) is 18.0. The fourth-order valence-electron chi connectivity index (χ4n) is 2.21. The quantitative estimate of drug-likeness (QED) is 0.552. The van der Waals surface area contributed by atoms with Crippen molar-refractivity contribution in [2.24, 2.45) is 0 Å². The summed E-state index contributed by atoms with van der Waals surface area (Å²) in [4.78, 5) is 5.74. The van der Waals surface area contributed by atoms with Gasteiger partial charge in [-0.1, -0.05) is 35.9 Å². The number of hydrogen-bond donors (Lipinski definition) is 0. The SMILES string of the molecule is CSc1cc(-c2cccc(F)c2)nc(-c2cccc(Cl)c2)c1. The average Bonchev–Trinajstić information content (AvgIpc) is 2.54. The molecule has 1 aromatic heterocycles. The molecule has 0 aliphatic carbocycles. The van der Waals surface area contributed by atoms with Crippen LogP contribution in [0.5, 0.6) is 0 Å². The second kappa shape index (κ2) is 6.51. The van der Waals surface area contributed by atoms with Gasteiger partial charge in [0, 0.05) is 21.0 Å². The van der Waals surface area contributed by atoms with Gasteiger partial charge in [-0.3, -0.25) is 0 Å². The minimum absolute atomic E-state index is 0.266. The van der Waals surface area contributed by atoms with Gasteiger partial charge in [0.05, 0.1) is 11.4 Å². The number of hydrogen-bond acceptors (Lipinski definition) is 2. The lowest BCUT2D eigenvalue weighted by Gasteiger charge is -2.09. The predicted molar refractivity (Wildman–Crippen MR) is 91.9 cm³/mol. The highest BCUT2D eigenvalue weighted by Crippen LogP contribution is 2.29. The highest BCUT2D eigenvalue weighted by Gasteiger charge is 2.08. The smallest absolute Gasteiger partial charge is 0.123 e. The van der Waals surface area contributed by atoms with Crippen LogP contribution in [0.4, 0.5) is 4.39 Å². The van der Waals surface area contributed by atoms with Crippen LogP contribution in [0.3, 0.4) is 0 Å². The normalized spacial score (nSPS) is 10.7. The van der Waals surface area contributed by atoms with E-state index >= 15 is 0 Å². The predicted octanol–water partition coefficient (Wildman–Crippen LogP) is 5.93. The zero-order valence-corrected chi connectivity index (χ0v) is 13.5. The zero-order chi connectivity index (χ0) is 15.5. The summed E-state index contributed by atoms with van der Waals surface area (Å²) >= 11 is 7.69. The number of benzene rings is 2. The van der Waals surface area contributed by atoms with Crippen LogP contribution in [-0.4, -0.2) is 11.2 Å².